The van der Waals surface area contributed by atoms with E-state index in [-0.39, 0.29) is 5.84 Å². The van der Waals surface area contributed by atoms with Crippen LogP contribution in [0, 0.1) is 6.92 Å². The highest BCUT2D eigenvalue weighted by atomic mass is 16.4. The molecule has 0 bridgehead atoms. The fourth-order valence-electron chi connectivity index (χ4n) is 2.44. The van der Waals surface area contributed by atoms with Gasteiger partial charge in [0.2, 0.25) is 0 Å². The zero-order valence-electron chi connectivity index (χ0n) is 11.7. The van der Waals surface area contributed by atoms with Crippen LogP contribution in [-0.4, -0.2) is 20.6 Å². The zero-order chi connectivity index (χ0) is 14.8. The van der Waals surface area contributed by atoms with E-state index in [1.165, 1.54) is 0 Å². The number of hydrogen-bond donors (Lipinski definition) is 2. The molecule has 0 aliphatic rings. The zero-order valence-corrected chi connectivity index (χ0v) is 11.7. The highest BCUT2D eigenvalue weighted by Gasteiger charge is 2.06. The third kappa shape index (κ3) is 2.58. The molecule has 0 fully saturated rings. The molecular weight excluding hydrogens is 264 g/mol. The van der Waals surface area contributed by atoms with Crippen molar-refractivity contribution in [2.45, 2.75) is 13.5 Å². The molecule has 106 valence electrons. The molecule has 5 nitrogen and oxygen atoms in total. The minimum absolute atomic E-state index is 0.113. The summed E-state index contributed by atoms with van der Waals surface area (Å²) in [5.74, 6) is 0.113. The van der Waals surface area contributed by atoms with Gasteiger partial charge in [-0.25, -0.2) is 0 Å². The number of hydrogen-bond acceptors (Lipinski definition) is 3. The van der Waals surface area contributed by atoms with Crippen LogP contribution in [0.4, 0.5) is 0 Å². The quantitative estimate of drug-likeness (QED) is 0.335. The van der Waals surface area contributed by atoms with Gasteiger partial charge in [-0.15, -0.1) is 0 Å². The second-order valence-corrected chi connectivity index (χ2v) is 5.07. The van der Waals surface area contributed by atoms with Crippen molar-refractivity contribution in [3.63, 3.8) is 0 Å². The lowest BCUT2D eigenvalue weighted by Gasteiger charge is -2.07. The summed E-state index contributed by atoms with van der Waals surface area (Å²) >= 11 is 0. The lowest BCUT2D eigenvalue weighted by molar-refractivity contribution is 0.318. The van der Waals surface area contributed by atoms with Gasteiger partial charge in [-0.1, -0.05) is 23.4 Å². The fourth-order valence-corrected chi connectivity index (χ4v) is 2.44. The normalized spacial score (nSPS) is 12.0. The summed E-state index contributed by atoms with van der Waals surface area (Å²) in [4.78, 5) is 4.22. The van der Waals surface area contributed by atoms with Gasteiger partial charge in [0, 0.05) is 36.2 Å². The first-order chi connectivity index (χ1) is 10.2. The first-order valence-electron chi connectivity index (χ1n) is 6.65. The Balaban J connectivity index is 2.02. The van der Waals surface area contributed by atoms with Crippen molar-refractivity contribution in [1.82, 2.24) is 9.55 Å². The maximum absolute atomic E-state index is 8.79. The number of oxime groups is 1. The number of fused-ring (bicyclic) bond motifs is 1. The molecule has 3 N–H and O–H groups in total. The minimum Gasteiger partial charge on any atom is -0.409 e. The van der Waals surface area contributed by atoms with E-state index in [2.05, 4.69) is 26.8 Å². The van der Waals surface area contributed by atoms with E-state index in [9.17, 15) is 0 Å². The van der Waals surface area contributed by atoms with E-state index < -0.39 is 0 Å². The van der Waals surface area contributed by atoms with Crippen molar-refractivity contribution in [2.75, 3.05) is 0 Å². The molecule has 0 saturated heterocycles. The topological polar surface area (TPSA) is 76.4 Å². The van der Waals surface area contributed by atoms with Gasteiger partial charge in [0.1, 0.15) is 0 Å². The number of nitrogens with two attached hydrogens (primary N) is 1. The van der Waals surface area contributed by atoms with E-state index in [0.29, 0.717) is 5.56 Å². The van der Waals surface area contributed by atoms with Crippen molar-refractivity contribution in [1.29, 1.82) is 0 Å². The molecule has 0 spiro atoms. The Morgan fingerprint density at radius 2 is 2.14 bits per heavy atom. The van der Waals surface area contributed by atoms with Crippen molar-refractivity contribution in [2.24, 2.45) is 10.9 Å². The molecule has 0 atom stereocenters. The largest absolute Gasteiger partial charge is 0.409 e. The number of nitrogens with zero attached hydrogens (tertiary/aromatic N) is 3. The van der Waals surface area contributed by atoms with Gasteiger partial charge >= 0.3 is 0 Å². The molecule has 0 aliphatic carbocycles. The van der Waals surface area contributed by atoms with Crippen molar-refractivity contribution >= 4 is 16.7 Å². The molecule has 21 heavy (non-hydrogen) atoms. The van der Waals surface area contributed by atoms with Crippen LogP contribution < -0.4 is 5.73 Å². The molecule has 2 aromatic heterocycles. The monoisotopic (exact) mass is 280 g/mol. The van der Waals surface area contributed by atoms with Gasteiger partial charge in [0.25, 0.3) is 0 Å². The second kappa shape index (κ2) is 5.28. The first-order valence-corrected chi connectivity index (χ1v) is 6.65. The summed E-state index contributed by atoms with van der Waals surface area (Å²) < 4.78 is 2.12. The Morgan fingerprint density at radius 3 is 2.90 bits per heavy atom. The lowest BCUT2D eigenvalue weighted by atomic mass is 10.1. The van der Waals surface area contributed by atoms with Crippen LogP contribution >= 0.6 is 0 Å². The number of benzene rings is 1. The van der Waals surface area contributed by atoms with Gasteiger partial charge in [-0.05, 0) is 35.6 Å². The van der Waals surface area contributed by atoms with Gasteiger partial charge < -0.3 is 15.5 Å². The summed E-state index contributed by atoms with van der Waals surface area (Å²) in [6.45, 7) is 2.76. The molecule has 1 aromatic carbocycles. The fraction of sp³-hybridized carbons (Fsp3) is 0.125. The Labute approximate surface area is 122 Å². The van der Waals surface area contributed by atoms with Gasteiger partial charge in [-0.2, -0.15) is 0 Å². The number of amidine groups is 1. The summed E-state index contributed by atoms with van der Waals surface area (Å²) in [6.07, 6.45) is 5.74. The van der Waals surface area contributed by atoms with Gasteiger partial charge in [-0.3, -0.25) is 4.98 Å². The smallest absolute Gasteiger partial charge is 0.170 e. The number of rotatable bonds is 3. The Bertz CT molecular complexity index is 820. The van der Waals surface area contributed by atoms with E-state index >= 15 is 0 Å². The standard InChI is InChI=1S/C16H16N4O/c1-11-6-12(9-18-8-11)10-20-5-4-13-2-3-14(7-15(13)20)16(17)19-21/h2-9,21H,10H2,1H3,(H2,17,19). The summed E-state index contributed by atoms with van der Waals surface area (Å²) in [5, 5.41) is 13.0. The van der Waals surface area contributed by atoms with Crippen molar-refractivity contribution < 1.29 is 5.21 Å². The van der Waals surface area contributed by atoms with E-state index in [1.54, 1.807) is 0 Å². The van der Waals surface area contributed by atoms with E-state index in [0.717, 1.165) is 28.6 Å². The maximum Gasteiger partial charge on any atom is 0.170 e. The lowest BCUT2D eigenvalue weighted by Crippen LogP contribution is -2.13. The molecule has 3 rings (SSSR count). The molecule has 0 aliphatic heterocycles. The van der Waals surface area contributed by atoms with E-state index in [1.807, 2.05) is 43.7 Å². The summed E-state index contributed by atoms with van der Waals surface area (Å²) in [7, 11) is 0. The third-order valence-electron chi connectivity index (χ3n) is 3.46. The van der Waals surface area contributed by atoms with Crippen LogP contribution in [0.25, 0.3) is 10.9 Å². The number of aryl methyl sites for hydroxylation is 1. The average molecular weight is 280 g/mol. The first kappa shape index (κ1) is 13.2. The highest BCUT2D eigenvalue weighted by molar-refractivity contribution is 6.00. The second-order valence-electron chi connectivity index (χ2n) is 5.07. The SMILES string of the molecule is Cc1cncc(Cn2ccc3ccc(/C(N)=N/O)cc32)c1. The van der Waals surface area contributed by atoms with Crippen LogP contribution in [0.3, 0.4) is 0 Å². The highest BCUT2D eigenvalue weighted by Crippen LogP contribution is 2.19. The van der Waals surface area contributed by atoms with Crippen LogP contribution in [0.2, 0.25) is 0 Å². The van der Waals surface area contributed by atoms with Crippen LogP contribution in [0.15, 0.2) is 54.1 Å². The molecule has 0 amide bonds. The molecule has 0 unspecified atom stereocenters. The van der Waals surface area contributed by atoms with Crippen LogP contribution in [0.1, 0.15) is 16.7 Å². The predicted molar refractivity (Wildman–Crippen MR) is 82.5 cm³/mol. The Kier molecular flexibility index (Phi) is 3.31. The number of aromatic nitrogens is 2. The minimum atomic E-state index is 0.113. The Hall–Kier alpha value is -2.82. The van der Waals surface area contributed by atoms with Crippen molar-refractivity contribution in [3.8, 4) is 0 Å². The molecule has 2 heterocycles. The molecular formula is C16H16N4O. The molecule has 5 heteroatoms. The summed E-state index contributed by atoms with van der Waals surface area (Å²) in [6, 6.07) is 9.90. The third-order valence-corrected chi connectivity index (χ3v) is 3.46. The van der Waals surface area contributed by atoms with Crippen molar-refractivity contribution in [3.05, 3.63) is 65.6 Å². The Morgan fingerprint density at radius 1 is 1.29 bits per heavy atom. The van der Waals surface area contributed by atoms with E-state index in [4.69, 9.17) is 10.9 Å². The van der Waals surface area contributed by atoms with Crippen LogP contribution in [-0.2, 0) is 6.54 Å². The maximum atomic E-state index is 8.79. The predicted octanol–water partition coefficient (Wildman–Crippen LogP) is 2.49. The average Bonchev–Trinajstić information content (AvgIpc) is 2.89. The summed E-state index contributed by atoms with van der Waals surface area (Å²) in [5.41, 5.74) is 9.68. The molecule has 0 radical (unpaired) electrons. The van der Waals surface area contributed by atoms with Gasteiger partial charge in [0.05, 0.1) is 0 Å². The number of pyridine rings is 1. The van der Waals surface area contributed by atoms with Crippen LogP contribution in [0.5, 0.6) is 0 Å². The molecule has 0 saturated carbocycles. The van der Waals surface area contributed by atoms with Gasteiger partial charge in [0.15, 0.2) is 5.84 Å². The molecule has 3 aromatic rings.